The Balaban J connectivity index is 1.48. The van der Waals surface area contributed by atoms with Gasteiger partial charge in [-0.25, -0.2) is 4.98 Å². The highest BCUT2D eigenvalue weighted by atomic mass is 79.9. The molecule has 1 fully saturated rings. The van der Waals surface area contributed by atoms with E-state index >= 15 is 0 Å². The van der Waals surface area contributed by atoms with Crippen molar-refractivity contribution in [3.63, 3.8) is 0 Å². The fourth-order valence-electron chi connectivity index (χ4n) is 4.70. The van der Waals surface area contributed by atoms with Gasteiger partial charge in [0.1, 0.15) is 12.4 Å². The molecule has 0 unspecified atom stereocenters. The third-order valence-electron chi connectivity index (χ3n) is 6.70. The number of hydrogen-bond donors (Lipinski definition) is 0. The lowest BCUT2D eigenvalue weighted by molar-refractivity contribution is -0.385. The molecular formula is C28H23BrCl2N4O4. The van der Waals surface area contributed by atoms with Crippen LogP contribution in [0.1, 0.15) is 55.0 Å². The summed E-state index contributed by atoms with van der Waals surface area (Å²) in [5.74, 6) is 0.807. The van der Waals surface area contributed by atoms with Gasteiger partial charge in [0.2, 0.25) is 0 Å². The van der Waals surface area contributed by atoms with E-state index in [1.54, 1.807) is 30.3 Å². The molecule has 0 bridgehead atoms. The number of hydrogen-bond acceptors (Lipinski definition) is 6. The Bertz CT molecular complexity index is 1650. The number of fused-ring (bicyclic) bond motifs is 1. The molecule has 8 nitrogen and oxygen atoms in total. The second kappa shape index (κ2) is 11.9. The van der Waals surface area contributed by atoms with Crippen molar-refractivity contribution >= 4 is 61.9 Å². The molecule has 0 atom stereocenters. The van der Waals surface area contributed by atoms with E-state index in [0.29, 0.717) is 37.9 Å². The summed E-state index contributed by atoms with van der Waals surface area (Å²) in [4.78, 5) is 29.6. The minimum absolute atomic E-state index is 0.0305. The van der Waals surface area contributed by atoms with Gasteiger partial charge < -0.3 is 4.74 Å². The van der Waals surface area contributed by atoms with Gasteiger partial charge in [0, 0.05) is 37.6 Å². The highest BCUT2D eigenvalue weighted by Gasteiger charge is 2.23. The molecular weight excluding hydrogens is 607 g/mol. The fraction of sp³-hybridized carbons (Fsp3) is 0.250. The van der Waals surface area contributed by atoms with Crippen LogP contribution in [0.25, 0.3) is 10.9 Å². The quantitative estimate of drug-likeness (QED) is 0.118. The number of nitrogens with zero attached hydrogens (tertiary/aromatic N) is 4. The first-order valence-electron chi connectivity index (χ1n) is 12.4. The van der Waals surface area contributed by atoms with Crippen LogP contribution in [-0.4, -0.2) is 20.8 Å². The Morgan fingerprint density at radius 2 is 1.90 bits per heavy atom. The predicted molar refractivity (Wildman–Crippen MR) is 156 cm³/mol. The van der Waals surface area contributed by atoms with Crippen LogP contribution in [-0.2, 0) is 6.61 Å². The minimum Gasteiger partial charge on any atom is -0.482 e. The number of halogens is 3. The van der Waals surface area contributed by atoms with Crippen LogP contribution >= 0.6 is 39.1 Å². The molecule has 1 aliphatic rings. The molecule has 0 aliphatic heterocycles. The van der Waals surface area contributed by atoms with Gasteiger partial charge in [-0.3, -0.25) is 14.9 Å². The van der Waals surface area contributed by atoms with Crippen molar-refractivity contribution in [3.8, 4) is 5.75 Å². The zero-order valence-electron chi connectivity index (χ0n) is 20.6. The van der Waals surface area contributed by atoms with Gasteiger partial charge in [-0.05, 0) is 55.3 Å². The van der Waals surface area contributed by atoms with Gasteiger partial charge in [0.05, 0.1) is 22.0 Å². The lowest BCUT2D eigenvalue weighted by atomic mass is 9.88. The Kier molecular flexibility index (Phi) is 8.30. The van der Waals surface area contributed by atoms with E-state index in [1.807, 2.05) is 12.1 Å². The molecule has 39 heavy (non-hydrogen) atoms. The second-order valence-corrected chi connectivity index (χ2v) is 11.1. The number of rotatable bonds is 7. The molecule has 0 spiro atoms. The van der Waals surface area contributed by atoms with Gasteiger partial charge in [0.25, 0.3) is 5.56 Å². The molecule has 0 amide bonds. The van der Waals surface area contributed by atoms with Crippen molar-refractivity contribution < 1.29 is 9.66 Å². The zero-order valence-corrected chi connectivity index (χ0v) is 23.7. The van der Waals surface area contributed by atoms with Gasteiger partial charge in [-0.1, -0.05) is 64.5 Å². The van der Waals surface area contributed by atoms with Crippen molar-refractivity contribution in [3.05, 3.63) is 107 Å². The van der Waals surface area contributed by atoms with E-state index in [1.165, 1.54) is 23.0 Å². The zero-order chi connectivity index (χ0) is 27.5. The highest BCUT2D eigenvalue weighted by molar-refractivity contribution is 9.10. The molecule has 11 heteroatoms. The number of benzene rings is 3. The summed E-state index contributed by atoms with van der Waals surface area (Å²) in [5, 5.41) is 17.6. The first-order valence-corrected chi connectivity index (χ1v) is 14.0. The van der Waals surface area contributed by atoms with E-state index in [-0.39, 0.29) is 29.5 Å². The van der Waals surface area contributed by atoms with Gasteiger partial charge in [-0.2, -0.15) is 9.78 Å². The SMILES string of the molecule is O=c1c2cc(Br)ccc2nc(C2CCCCC2)n1N=Cc1ccc(OCc2ccc(Cl)cc2Cl)c([N+](=O)[O-])c1. The van der Waals surface area contributed by atoms with Crippen molar-refractivity contribution in [1.82, 2.24) is 9.66 Å². The van der Waals surface area contributed by atoms with Crippen molar-refractivity contribution in [1.29, 1.82) is 0 Å². The topological polar surface area (TPSA) is 99.6 Å². The molecule has 0 N–H and O–H groups in total. The Morgan fingerprint density at radius 1 is 1.10 bits per heavy atom. The molecule has 3 aromatic carbocycles. The molecule has 4 aromatic rings. The summed E-state index contributed by atoms with van der Waals surface area (Å²) >= 11 is 15.6. The van der Waals surface area contributed by atoms with Crippen molar-refractivity contribution in [2.45, 2.75) is 44.6 Å². The largest absolute Gasteiger partial charge is 0.482 e. The van der Waals surface area contributed by atoms with E-state index in [2.05, 4.69) is 21.0 Å². The standard InChI is InChI=1S/C28H23BrCl2N4O4/c29-20-8-10-24-22(13-20)28(36)34(27(33-24)18-4-2-1-3-5-18)32-15-17-6-11-26(25(12-17)35(37)38)39-16-19-7-9-21(30)14-23(19)31/h6-15,18H,1-5,16H2. The third-order valence-corrected chi connectivity index (χ3v) is 7.78. The fourth-order valence-corrected chi connectivity index (χ4v) is 5.52. The lowest BCUT2D eigenvalue weighted by Gasteiger charge is -2.22. The summed E-state index contributed by atoms with van der Waals surface area (Å²) < 4.78 is 7.82. The summed E-state index contributed by atoms with van der Waals surface area (Å²) in [6, 6.07) is 14.9. The molecule has 200 valence electrons. The van der Waals surface area contributed by atoms with Crippen LogP contribution in [0, 0.1) is 10.1 Å². The lowest BCUT2D eigenvalue weighted by Crippen LogP contribution is -2.25. The van der Waals surface area contributed by atoms with Crippen LogP contribution in [0.5, 0.6) is 5.75 Å². The maximum atomic E-state index is 13.5. The molecule has 1 aliphatic carbocycles. The van der Waals surface area contributed by atoms with Crippen LogP contribution < -0.4 is 10.3 Å². The smallest absolute Gasteiger partial charge is 0.311 e. The van der Waals surface area contributed by atoms with Crippen LogP contribution in [0.3, 0.4) is 0 Å². The number of nitro benzene ring substituents is 1. The van der Waals surface area contributed by atoms with E-state index < -0.39 is 4.92 Å². The summed E-state index contributed by atoms with van der Waals surface area (Å²) in [5.41, 5.74) is 1.19. The molecule has 0 radical (unpaired) electrons. The summed E-state index contributed by atoms with van der Waals surface area (Å²) in [6.07, 6.45) is 6.59. The Hall–Kier alpha value is -3.27. The average Bonchev–Trinajstić information content (AvgIpc) is 2.93. The minimum atomic E-state index is -0.523. The number of aromatic nitrogens is 2. The van der Waals surface area contributed by atoms with Crippen molar-refractivity contribution in [2.24, 2.45) is 5.10 Å². The molecule has 1 saturated carbocycles. The predicted octanol–water partition coefficient (Wildman–Crippen LogP) is 7.88. The van der Waals surface area contributed by atoms with E-state index in [9.17, 15) is 14.9 Å². The van der Waals surface area contributed by atoms with Crippen LogP contribution in [0.15, 0.2) is 69.0 Å². The average molecular weight is 630 g/mol. The summed E-state index contributed by atoms with van der Waals surface area (Å²) in [6.45, 7) is 0.0305. The Morgan fingerprint density at radius 3 is 2.64 bits per heavy atom. The molecule has 0 saturated heterocycles. The third kappa shape index (κ3) is 6.16. The maximum absolute atomic E-state index is 13.5. The van der Waals surface area contributed by atoms with Crippen LogP contribution in [0.2, 0.25) is 10.0 Å². The maximum Gasteiger partial charge on any atom is 0.311 e. The van der Waals surface area contributed by atoms with E-state index in [4.69, 9.17) is 32.9 Å². The first kappa shape index (κ1) is 27.3. The number of nitro groups is 1. The van der Waals surface area contributed by atoms with Gasteiger partial charge >= 0.3 is 5.69 Å². The van der Waals surface area contributed by atoms with Gasteiger partial charge in [-0.15, -0.1) is 0 Å². The van der Waals surface area contributed by atoms with Gasteiger partial charge in [0.15, 0.2) is 5.75 Å². The van der Waals surface area contributed by atoms with Crippen LogP contribution in [0.4, 0.5) is 5.69 Å². The summed E-state index contributed by atoms with van der Waals surface area (Å²) in [7, 11) is 0. The first-order chi connectivity index (χ1) is 18.8. The highest BCUT2D eigenvalue weighted by Crippen LogP contribution is 2.33. The molecule has 1 aromatic heterocycles. The number of ether oxygens (including phenoxy) is 1. The molecule has 1 heterocycles. The Labute approximate surface area is 242 Å². The monoisotopic (exact) mass is 628 g/mol. The van der Waals surface area contributed by atoms with Crippen molar-refractivity contribution in [2.75, 3.05) is 0 Å². The molecule has 5 rings (SSSR count). The van der Waals surface area contributed by atoms with E-state index in [0.717, 1.165) is 36.6 Å². The normalized spacial score (nSPS) is 14.2. The second-order valence-electron chi connectivity index (χ2n) is 9.34.